The fraction of sp³-hybridized carbons (Fsp3) is 0.400. The Balaban J connectivity index is 0.000000383. The van der Waals surface area contributed by atoms with E-state index < -0.39 is 18.0 Å². The number of alkyl halides is 3. The molecule has 1 aromatic carbocycles. The molecule has 0 radical (unpaired) electrons. The number of aromatic amines is 1. The highest BCUT2D eigenvalue weighted by molar-refractivity contribution is 6.31. The van der Waals surface area contributed by atoms with Crippen molar-refractivity contribution in [1.82, 2.24) is 20.2 Å². The summed E-state index contributed by atoms with van der Waals surface area (Å²) >= 11 is 5.88. The molecule has 178 valence electrons. The minimum absolute atomic E-state index is 0.0612. The van der Waals surface area contributed by atoms with Gasteiger partial charge in [-0.3, -0.25) is 5.10 Å². The van der Waals surface area contributed by atoms with Gasteiger partial charge in [-0.25, -0.2) is 19.2 Å². The third-order valence-corrected chi connectivity index (χ3v) is 5.79. The van der Waals surface area contributed by atoms with E-state index in [0.29, 0.717) is 29.0 Å². The first kappa shape index (κ1) is 24.6. The molecular formula is C20H21ClF4N6O2. The van der Waals surface area contributed by atoms with E-state index in [1.807, 2.05) is 0 Å². The van der Waals surface area contributed by atoms with Gasteiger partial charge in [-0.05, 0) is 36.9 Å². The molecule has 0 spiro atoms. The van der Waals surface area contributed by atoms with E-state index in [0.717, 1.165) is 31.7 Å². The third-order valence-electron chi connectivity index (χ3n) is 5.50. The fourth-order valence-electron chi connectivity index (χ4n) is 3.30. The normalized spacial score (nSPS) is 15.8. The zero-order chi connectivity index (χ0) is 24.4. The van der Waals surface area contributed by atoms with E-state index in [4.69, 9.17) is 27.2 Å². The Kier molecular flexibility index (Phi) is 7.08. The quantitative estimate of drug-likeness (QED) is 0.476. The standard InChI is InChI=1S/C18H20ClFN6.C2HF3O2/c1-18(10-21)5-7-26(8-6-18)13-9-22-16-15(24-25-17(16)23-13)11-3-2-4-12(19)14(11)20;3-2(4,5)1(6)7/h2-4,9H,5-8,10,21H2,1H3,(H,23,24,25);(H,6,7). The Hall–Kier alpha value is -2.99. The maximum absolute atomic E-state index is 14.3. The van der Waals surface area contributed by atoms with Crippen LogP contribution in [0.25, 0.3) is 22.4 Å². The average molecular weight is 489 g/mol. The van der Waals surface area contributed by atoms with Gasteiger partial charge in [-0.2, -0.15) is 18.3 Å². The molecule has 0 amide bonds. The van der Waals surface area contributed by atoms with Crippen molar-refractivity contribution in [3.8, 4) is 11.3 Å². The molecule has 1 fully saturated rings. The molecule has 1 saturated heterocycles. The Morgan fingerprint density at radius 1 is 1.33 bits per heavy atom. The monoisotopic (exact) mass is 488 g/mol. The number of carboxylic acids is 1. The maximum Gasteiger partial charge on any atom is 0.490 e. The van der Waals surface area contributed by atoms with Crippen LogP contribution in [-0.4, -0.2) is 57.1 Å². The summed E-state index contributed by atoms with van der Waals surface area (Å²) in [6.07, 6.45) is -1.33. The van der Waals surface area contributed by atoms with E-state index in [9.17, 15) is 17.6 Å². The number of hydrogen-bond donors (Lipinski definition) is 3. The van der Waals surface area contributed by atoms with E-state index >= 15 is 0 Å². The molecule has 2 aromatic heterocycles. The predicted molar refractivity (Wildman–Crippen MR) is 114 cm³/mol. The van der Waals surface area contributed by atoms with Crippen LogP contribution in [0.15, 0.2) is 24.4 Å². The van der Waals surface area contributed by atoms with Crippen LogP contribution in [0.4, 0.5) is 23.4 Å². The zero-order valence-electron chi connectivity index (χ0n) is 17.5. The molecule has 1 aliphatic rings. The Bertz CT molecular complexity index is 1150. The van der Waals surface area contributed by atoms with Crippen molar-refractivity contribution in [3.63, 3.8) is 0 Å². The lowest BCUT2D eigenvalue weighted by atomic mass is 9.80. The first-order valence-corrected chi connectivity index (χ1v) is 10.2. The summed E-state index contributed by atoms with van der Waals surface area (Å²) in [7, 11) is 0. The number of fused-ring (bicyclic) bond motifs is 1. The van der Waals surface area contributed by atoms with Crippen LogP contribution in [0.3, 0.4) is 0 Å². The maximum atomic E-state index is 14.3. The summed E-state index contributed by atoms with van der Waals surface area (Å²) in [5, 5.41) is 14.2. The molecule has 0 atom stereocenters. The van der Waals surface area contributed by atoms with Crippen molar-refractivity contribution in [2.24, 2.45) is 11.1 Å². The molecule has 0 saturated carbocycles. The summed E-state index contributed by atoms with van der Waals surface area (Å²) in [6, 6.07) is 4.84. The highest BCUT2D eigenvalue weighted by Gasteiger charge is 2.38. The highest BCUT2D eigenvalue weighted by Crippen LogP contribution is 2.33. The highest BCUT2D eigenvalue weighted by atomic mass is 35.5. The lowest BCUT2D eigenvalue weighted by Crippen LogP contribution is -2.42. The number of rotatable bonds is 3. The average Bonchev–Trinajstić information content (AvgIpc) is 3.19. The molecular weight excluding hydrogens is 468 g/mol. The number of benzene rings is 1. The molecule has 0 bridgehead atoms. The second-order valence-electron chi connectivity index (χ2n) is 7.91. The van der Waals surface area contributed by atoms with Crippen LogP contribution >= 0.6 is 11.6 Å². The number of piperidine rings is 1. The lowest BCUT2D eigenvalue weighted by Gasteiger charge is -2.39. The lowest BCUT2D eigenvalue weighted by molar-refractivity contribution is -0.192. The van der Waals surface area contributed by atoms with E-state index in [2.05, 4.69) is 32.0 Å². The van der Waals surface area contributed by atoms with E-state index in [1.54, 1.807) is 18.3 Å². The topological polar surface area (TPSA) is 121 Å². The Morgan fingerprint density at radius 2 is 1.97 bits per heavy atom. The van der Waals surface area contributed by atoms with Gasteiger partial charge >= 0.3 is 12.1 Å². The van der Waals surface area contributed by atoms with Crippen LogP contribution in [0.1, 0.15) is 19.8 Å². The Morgan fingerprint density at radius 3 is 2.55 bits per heavy atom. The van der Waals surface area contributed by atoms with Crippen LogP contribution < -0.4 is 10.6 Å². The van der Waals surface area contributed by atoms with Crippen molar-refractivity contribution in [2.45, 2.75) is 25.9 Å². The summed E-state index contributed by atoms with van der Waals surface area (Å²) in [6.45, 7) is 4.68. The molecule has 0 aliphatic carbocycles. The van der Waals surface area contributed by atoms with Gasteiger partial charge in [0.05, 0.1) is 16.9 Å². The molecule has 33 heavy (non-hydrogen) atoms. The van der Waals surface area contributed by atoms with E-state index in [-0.39, 0.29) is 10.4 Å². The number of H-pyrrole nitrogens is 1. The Labute approximate surface area is 190 Å². The molecule has 4 rings (SSSR count). The number of aromatic nitrogens is 4. The van der Waals surface area contributed by atoms with Crippen LogP contribution in [0.2, 0.25) is 5.02 Å². The number of nitrogens with one attached hydrogen (secondary N) is 1. The third kappa shape index (κ3) is 5.50. The van der Waals surface area contributed by atoms with Crippen molar-refractivity contribution in [3.05, 3.63) is 35.2 Å². The summed E-state index contributed by atoms with van der Waals surface area (Å²) < 4.78 is 46.1. The molecule has 1 aliphatic heterocycles. The second-order valence-corrected chi connectivity index (χ2v) is 8.31. The van der Waals surface area contributed by atoms with Gasteiger partial charge in [0.15, 0.2) is 5.82 Å². The van der Waals surface area contributed by atoms with Crippen molar-refractivity contribution in [1.29, 1.82) is 0 Å². The zero-order valence-corrected chi connectivity index (χ0v) is 18.2. The largest absolute Gasteiger partial charge is 0.490 e. The number of anilines is 1. The number of halogens is 5. The molecule has 0 unspecified atom stereocenters. The summed E-state index contributed by atoms with van der Waals surface area (Å²) in [5.41, 5.74) is 7.87. The fourth-order valence-corrected chi connectivity index (χ4v) is 3.48. The van der Waals surface area contributed by atoms with Crippen LogP contribution in [0, 0.1) is 11.2 Å². The van der Waals surface area contributed by atoms with Gasteiger partial charge in [0, 0.05) is 18.7 Å². The minimum atomic E-state index is -5.08. The van der Waals surface area contributed by atoms with Crippen LogP contribution in [0.5, 0.6) is 0 Å². The van der Waals surface area contributed by atoms with Gasteiger partial charge in [-0.1, -0.05) is 24.6 Å². The number of aliphatic carboxylic acids is 1. The number of carboxylic acid groups (broad SMARTS) is 1. The van der Waals surface area contributed by atoms with Gasteiger partial charge in [-0.15, -0.1) is 0 Å². The van der Waals surface area contributed by atoms with Crippen molar-refractivity contribution < 1.29 is 27.5 Å². The predicted octanol–water partition coefficient (Wildman–Crippen LogP) is 4.01. The SMILES string of the molecule is CC1(CN)CCN(c2cnc3c(-c4cccc(Cl)c4F)[nH]nc3n2)CC1.O=C(O)C(F)(F)F. The number of carbonyl (C=O) groups is 1. The van der Waals surface area contributed by atoms with Crippen molar-refractivity contribution >= 4 is 34.6 Å². The van der Waals surface area contributed by atoms with Gasteiger partial charge in [0.2, 0.25) is 5.65 Å². The van der Waals surface area contributed by atoms with E-state index in [1.165, 1.54) is 6.07 Å². The van der Waals surface area contributed by atoms with Crippen LogP contribution in [-0.2, 0) is 4.79 Å². The number of nitrogens with zero attached hydrogens (tertiary/aromatic N) is 4. The number of nitrogens with two attached hydrogens (primary N) is 1. The molecule has 3 heterocycles. The van der Waals surface area contributed by atoms with Gasteiger partial charge in [0.25, 0.3) is 0 Å². The summed E-state index contributed by atoms with van der Waals surface area (Å²) in [5.74, 6) is -2.48. The van der Waals surface area contributed by atoms with Gasteiger partial charge in [0.1, 0.15) is 11.3 Å². The summed E-state index contributed by atoms with van der Waals surface area (Å²) in [4.78, 5) is 20.2. The molecule has 8 nitrogen and oxygen atoms in total. The smallest absolute Gasteiger partial charge is 0.475 e. The molecule has 13 heteroatoms. The molecule has 3 aromatic rings. The molecule has 4 N–H and O–H groups in total. The van der Waals surface area contributed by atoms with Gasteiger partial charge < -0.3 is 15.7 Å². The van der Waals surface area contributed by atoms with Crippen molar-refractivity contribution in [2.75, 3.05) is 24.5 Å². The minimum Gasteiger partial charge on any atom is -0.475 e. The second kappa shape index (κ2) is 9.48. The first-order chi connectivity index (χ1) is 15.4. The first-order valence-electron chi connectivity index (χ1n) is 9.86. The number of hydrogen-bond acceptors (Lipinski definition) is 6.